The van der Waals surface area contributed by atoms with E-state index in [0.29, 0.717) is 16.8 Å². The molecule has 0 unspecified atom stereocenters. The van der Waals surface area contributed by atoms with Gasteiger partial charge in [0.15, 0.2) is 0 Å². The second-order valence-corrected chi connectivity index (χ2v) is 3.93. The fraction of sp³-hybridized carbons (Fsp3) is 0.400. The summed E-state index contributed by atoms with van der Waals surface area (Å²) in [7, 11) is 0. The Morgan fingerprint density at radius 1 is 1.53 bits per heavy atom. The van der Waals surface area contributed by atoms with Gasteiger partial charge < -0.3 is 4.74 Å². The molecule has 0 bridgehead atoms. The highest BCUT2D eigenvalue weighted by molar-refractivity contribution is 9.10. The van der Waals surface area contributed by atoms with Crippen LogP contribution in [-0.2, 0) is 0 Å². The van der Waals surface area contributed by atoms with E-state index in [1.807, 2.05) is 0 Å². The number of rotatable bonds is 5. The molecule has 0 aliphatic rings. The lowest BCUT2D eigenvalue weighted by Crippen LogP contribution is -1.97. The van der Waals surface area contributed by atoms with Crippen molar-refractivity contribution in [1.82, 2.24) is 0 Å². The molecule has 15 heavy (non-hydrogen) atoms. The molecule has 0 heterocycles. The molecule has 1 aromatic carbocycles. The number of benzene rings is 1. The summed E-state index contributed by atoms with van der Waals surface area (Å²) >= 11 is 3.24. The van der Waals surface area contributed by atoms with Crippen molar-refractivity contribution in [3.8, 4) is 5.75 Å². The summed E-state index contributed by atoms with van der Waals surface area (Å²) in [6.45, 7) is 2.71. The van der Waals surface area contributed by atoms with E-state index in [-0.39, 0.29) is 5.69 Å². The third-order valence-electron chi connectivity index (χ3n) is 1.88. The molecule has 0 saturated heterocycles. The molecule has 0 spiro atoms. The number of ether oxygens (including phenoxy) is 1. The minimum Gasteiger partial charge on any atom is -0.492 e. The van der Waals surface area contributed by atoms with E-state index >= 15 is 0 Å². The van der Waals surface area contributed by atoms with Crippen molar-refractivity contribution in [3.05, 3.63) is 32.8 Å². The summed E-state index contributed by atoms with van der Waals surface area (Å²) in [6, 6.07) is 4.49. The minimum atomic E-state index is -0.430. The van der Waals surface area contributed by atoms with Crippen LogP contribution in [0.15, 0.2) is 22.7 Å². The Morgan fingerprint density at radius 3 is 2.80 bits per heavy atom. The maximum absolute atomic E-state index is 10.5. The van der Waals surface area contributed by atoms with Crippen molar-refractivity contribution >= 4 is 21.6 Å². The van der Waals surface area contributed by atoms with Crippen LogP contribution in [-0.4, -0.2) is 11.5 Å². The summed E-state index contributed by atoms with van der Waals surface area (Å²) in [5, 5.41) is 10.5. The van der Waals surface area contributed by atoms with Crippen LogP contribution in [0.3, 0.4) is 0 Å². The molecular weight excluding hydrogens is 262 g/mol. The van der Waals surface area contributed by atoms with Crippen LogP contribution >= 0.6 is 15.9 Å². The first-order valence-corrected chi connectivity index (χ1v) is 5.51. The molecule has 4 nitrogen and oxygen atoms in total. The molecule has 5 heteroatoms. The van der Waals surface area contributed by atoms with Gasteiger partial charge >= 0.3 is 0 Å². The first kappa shape index (κ1) is 12.0. The quantitative estimate of drug-likeness (QED) is 0.469. The highest BCUT2D eigenvalue weighted by atomic mass is 79.9. The largest absolute Gasteiger partial charge is 0.492 e. The zero-order valence-electron chi connectivity index (χ0n) is 8.40. The monoisotopic (exact) mass is 273 g/mol. The van der Waals surface area contributed by atoms with E-state index in [9.17, 15) is 10.1 Å². The van der Waals surface area contributed by atoms with Gasteiger partial charge in [-0.25, -0.2) is 0 Å². The first-order valence-electron chi connectivity index (χ1n) is 4.72. The van der Waals surface area contributed by atoms with Crippen molar-refractivity contribution in [2.45, 2.75) is 19.8 Å². The molecule has 0 fully saturated rings. The van der Waals surface area contributed by atoms with Gasteiger partial charge in [-0.3, -0.25) is 10.1 Å². The standard InChI is InChI=1S/C10H12BrNO3/c1-2-3-6-15-10-5-4-8(12(13)14)7-9(10)11/h4-5,7H,2-3,6H2,1H3. The maximum atomic E-state index is 10.5. The summed E-state index contributed by atoms with van der Waals surface area (Å²) in [4.78, 5) is 10.0. The average molecular weight is 274 g/mol. The van der Waals surface area contributed by atoms with Crippen molar-refractivity contribution in [3.63, 3.8) is 0 Å². The van der Waals surface area contributed by atoms with E-state index in [1.165, 1.54) is 12.1 Å². The predicted octanol–water partition coefficient (Wildman–Crippen LogP) is 3.54. The fourth-order valence-electron chi connectivity index (χ4n) is 1.05. The Labute approximate surface area is 96.5 Å². The highest BCUT2D eigenvalue weighted by Crippen LogP contribution is 2.29. The van der Waals surface area contributed by atoms with Gasteiger partial charge in [-0.05, 0) is 28.4 Å². The normalized spacial score (nSPS) is 10.0. The second kappa shape index (κ2) is 5.70. The number of hydrogen-bond acceptors (Lipinski definition) is 3. The number of nitro benzene ring substituents is 1. The molecule has 0 amide bonds. The third-order valence-corrected chi connectivity index (χ3v) is 2.50. The van der Waals surface area contributed by atoms with Gasteiger partial charge in [-0.2, -0.15) is 0 Å². The first-order chi connectivity index (χ1) is 7.15. The number of halogens is 1. The van der Waals surface area contributed by atoms with Crippen molar-refractivity contribution in [2.24, 2.45) is 0 Å². The lowest BCUT2D eigenvalue weighted by atomic mass is 10.3. The highest BCUT2D eigenvalue weighted by Gasteiger charge is 2.09. The molecule has 0 radical (unpaired) electrons. The van der Waals surface area contributed by atoms with E-state index in [2.05, 4.69) is 22.9 Å². The van der Waals surface area contributed by atoms with Crippen LogP contribution in [0.2, 0.25) is 0 Å². The minimum absolute atomic E-state index is 0.0599. The third kappa shape index (κ3) is 3.51. The Morgan fingerprint density at radius 2 is 2.27 bits per heavy atom. The molecule has 0 aliphatic heterocycles. The van der Waals surface area contributed by atoms with Crippen LogP contribution in [0.25, 0.3) is 0 Å². The zero-order chi connectivity index (χ0) is 11.3. The fourth-order valence-corrected chi connectivity index (χ4v) is 1.53. The zero-order valence-corrected chi connectivity index (χ0v) is 9.99. The SMILES string of the molecule is CCCCOc1ccc([N+](=O)[O-])cc1Br. The maximum Gasteiger partial charge on any atom is 0.270 e. The van der Waals surface area contributed by atoms with Gasteiger partial charge in [0.2, 0.25) is 0 Å². The number of unbranched alkanes of at least 4 members (excludes halogenated alkanes) is 1. The summed E-state index contributed by atoms with van der Waals surface area (Å²) in [5.74, 6) is 0.647. The lowest BCUT2D eigenvalue weighted by molar-refractivity contribution is -0.385. The Hall–Kier alpha value is -1.10. The lowest BCUT2D eigenvalue weighted by Gasteiger charge is -2.06. The topological polar surface area (TPSA) is 52.4 Å². The van der Waals surface area contributed by atoms with E-state index in [1.54, 1.807) is 6.07 Å². The van der Waals surface area contributed by atoms with E-state index in [4.69, 9.17) is 4.74 Å². The summed E-state index contributed by atoms with van der Waals surface area (Å²) in [5.41, 5.74) is 0.0599. The number of non-ortho nitro benzene ring substituents is 1. The van der Waals surface area contributed by atoms with Crippen LogP contribution in [0.5, 0.6) is 5.75 Å². The van der Waals surface area contributed by atoms with E-state index in [0.717, 1.165) is 12.8 Å². The second-order valence-electron chi connectivity index (χ2n) is 3.07. The van der Waals surface area contributed by atoms with Crippen LogP contribution < -0.4 is 4.74 Å². The van der Waals surface area contributed by atoms with Crippen molar-refractivity contribution in [2.75, 3.05) is 6.61 Å². The Bertz CT molecular complexity index is 355. The van der Waals surface area contributed by atoms with Gasteiger partial charge in [-0.1, -0.05) is 13.3 Å². The molecule has 0 saturated carbocycles. The molecule has 1 aromatic rings. The predicted molar refractivity (Wildman–Crippen MR) is 61.2 cm³/mol. The molecule has 0 atom stereocenters. The molecule has 0 N–H and O–H groups in total. The van der Waals surface area contributed by atoms with Crippen LogP contribution in [0.4, 0.5) is 5.69 Å². The smallest absolute Gasteiger partial charge is 0.270 e. The van der Waals surface area contributed by atoms with Gasteiger partial charge in [-0.15, -0.1) is 0 Å². The van der Waals surface area contributed by atoms with Crippen LogP contribution in [0.1, 0.15) is 19.8 Å². The van der Waals surface area contributed by atoms with Crippen LogP contribution in [0, 0.1) is 10.1 Å². The van der Waals surface area contributed by atoms with E-state index < -0.39 is 4.92 Å². The molecule has 82 valence electrons. The summed E-state index contributed by atoms with van der Waals surface area (Å²) < 4.78 is 6.06. The molecule has 1 rings (SSSR count). The van der Waals surface area contributed by atoms with Gasteiger partial charge in [0.1, 0.15) is 5.75 Å². The molecular formula is C10H12BrNO3. The number of nitro groups is 1. The number of nitrogens with zero attached hydrogens (tertiary/aromatic N) is 1. The average Bonchev–Trinajstić information content (AvgIpc) is 2.20. The molecule has 0 aliphatic carbocycles. The number of hydrogen-bond donors (Lipinski definition) is 0. The Balaban J connectivity index is 2.70. The van der Waals surface area contributed by atoms with Gasteiger partial charge in [0, 0.05) is 12.1 Å². The van der Waals surface area contributed by atoms with Crippen molar-refractivity contribution in [1.29, 1.82) is 0 Å². The summed E-state index contributed by atoms with van der Waals surface area (Å²) in [6.07, 6.45) is 2.04. The Kier molecular flexibility index (Phi) is 4.55. The van der Waals surface area contributed by atoms with Crippen molar-refractivity contribution < 1.29 is 9.66 Å². The molecule has 0 aromatic heterocycles. The van der Waals surface area contributed by atoms with Gasteiger partial charge in [0.25, 0.3) is 5.69 Å². The van der Waals surface area contributed by atoms with Gasteiger partial charge in [0.05, 0.1) is 16.0 Å².